The molecule has 3 N–H and O–H groups in total. The molecule has 2 aromatic carbocycles. The van der Waals surface area contributed by atoms with E-state index in [1.54, 1.807) is 12.1 Å². The van der Waals surface area contributed by atoms with E-state index in [0.29, 0.717) is 11.6 Å². The number of carbonyl (C=O) groups is 2. The van der Waals surface area contributed by atoms with E-state index < -0.39 is 11.8 Å². The van der Waals surface area contributed by atoms with E-state index >= 15 is 0 Å². The lowest BCUT2D eigenvalue weighted by Gasteiger charge is -2.29. The van der Waals surface area contributed by atoms with Crippen LogP contribution >= 0.6 is 0 Å². The topological polar surface area (TPSA) is 70.2 Å². The Labute approximate surface area is 154 Å². The number of rotatable bonds is 4. The van der Waals surface area contributed by atoms with Gasteiger partial charge in [0.05, 0.1) is 0 Å². The number of para-hydroxylation sites is 1. The van der Waals surface area contributed by atoms with Crippen LogP contribution in [0, 0.1) is 5.92 Å². The fraction of sp³-hybridized carbons (Fsp3) is 0.333. The first-order valence-corrected chi connectivity index (χ1v) is 9.16. The second-order valence-electron chi connectivity index (χ2n) is 6.86. The minimum atomic E-state index is -0.619. The molecule has 0 saturated heterocycles. The van der Waals surface area contributed by atoms with Crippen molar-refractivity contribution in [3.63, 3.8) is 0 Å². The Morgan fingerprint density at radius 2 is 1.42 bits per heavy atom. The number of benzene rings is 2. The summed E-state index contributed by atoms with van der Waals surface area (Å²) in [5, 5.41) is 8.80. The first kappa shape index (κ1) is 18.0. The van der Waals surface area contributed by atoms with E-state index in [9.17, 15) is 9.59 Å². The summed E-state index contributed by atoms with van der Waals surface area (Å²) >= 11 is 0. The smallest absolute Gasteiger partial charge is 0.313 e. The molecule has 0 bridgehead atoms. The lowest BCUT2D eigenvalue weighted by atomic mass is 9.86. The Morgan fingerprint density at radius 1 is 0.808 bits per heavy atom. The highest BCUT2D eigenvalue weighted by molar-refractivity contribution is 6.39. The van der Waals surface area contributed by atoms with Crippen molar-refractivity contribution in [3.8, 4) is 0 Å². The Bertz CT molecular complexity index is 744. The lowest BCUT2D eigenvalue weighted by Crippen LogP contribution is -2.45. The van der Waals surface area contributed by atoms with Crippen molar-refractivity contribution in [2.75, 3.05) is 10.6 Å². The molecule has 0 heterocycles. The second kappa shape index (κ2) is 8.52. The van der Waals surface area contributed by atoms with Crippen LogP contribution in [0.25, 0.3) is 0 Å². The Morgan fingerprint density at radius 3 is 2.12 bits per heavy atom. The van der Waals surface area contributed by atoms with Crippen LogP contribution in [0.4, 0.5) is 17.1 Å². The highest BCUT2D eigenvalue weighted by atomic mass is 16.2. The summed E-state index contributed by atoms with van der Waals surface area (Å²) in [6, 6.07) is 17.2. The van der Waals surface area contributed by atoms with E-state index in [1.807, 2.05) is 42.5 Å². The van der Waals surface area contributed by atoms with Crippen LogP contribution in [0.5, 0.6) is 0 Å². The molecule has 1 aliphatic rings. The third kappa shape index (κ3) is 4.85. The van der Waals surface area contributed by atoms with Gasteiger partial charge in [-0.3, -0.25) is 9.59 Å². The molecule has 2 amide bonds. The monoisotopic (exact) mass is 351 g/mol. The summed E-state index contributed by atoms with van der Waals surface area (Å²) in [6.07, 6.45) is 4.35. The summed E-state index contributed by atoms with van der Waals surface area (Å²) in [4.78, 5) is 24.3. The van der Waals surface area contributed by atoms with Crippen LogP contribution in [0.1, 0.15) is 32.6 Å². The maximum Gasteiger partial charge on any atom is 0.313 e. The normalized spacial score (nSPS) is 19.4. The first-order chi connectivity index (χ1) is 12.6. The zero-order chi connectivity index (χ0) is 18.4. The van der Waals surface area contributed by atoms with Crippen LogP contribution in [0.2, 0.25) is 0 Å². The van der Waals surface area contributed by atoms with Crippen molar-refractivity contribution in [1.29, 1.82) is 0 Å². The van der Waals surface area contributed by atoms with Crippen molar-refractivity contribution >= 4 is 28.9 Å². The van der Waals surface area contributed by atoms with E-state index in [4.69, 9.17) is 0 Å². The third-order valence-corrected chi connectivity index (χ3v) is 4.84. The van der Waals surface area contributed by atoms with Gasteiger partial charge in [-0.1, -0.05) is 38.0 Å². The van der Waals surface area contributed by atoms with Crippen molar-refractivity contribution in [2.45, 2.75) is 38.6 Å². The predicted molar refractivity (Wildman–Crippen MR) is 104 cm³/mol. The molecule has 26 heavy (non-hydrogen) atoms. The maximum absolute atomic E-state index is 12.1. The molecule has 1 saturated carbocycles. The number of carbonyl (C=O) groups excluding carboxylic acids is 2. The summed E-state index contributed by atoms with van der Waals surface area (Å²) in [7, 11) is 0. The van der Waals surface area contributed by atoms with Gasteiger partial charge >= 0.3 is 11.8 Å². The average Bonchev–Trinajstić information content (AvgIpc) is 2.66. The minimum absolute atomic E-state index is 0.0967. The molecular formula is C21H25N3O2. The molecule has 2 aromatic rings. The Balaban J connectivity index is 1.53. The second-order valence-corrected chi connectivity index (χ2v) is 6.86. The molecule has 3 rings (SSSR count). The molecule has 0 aliphatic heterocycles. The van der Waals surface area contributed by atoms with Crippen LogP contribution in [0.15, 0.2) is 54.6 Å². The molecule has 5 nitrogen and oxygen atoms in total. The highest BCUT2D eigenvalue weighted by Gasteiger charge is 2.25. The van der Waals surface area contributed by atoms with Gasteiger partial charge in [0, 0.05) is 23.1 Å². The largest absolute Gasteiger partial charge is 0.356 e. The van der Waals surface area contributed by atoms with E-state index in [-0.39, 0.29) is 6.04 Å². The molecule has 1 fully saturated rings. The first-order valence-electron chi connectivity index (χ1n) is 9.16. The average molecular weight is 351 g/mol. The SMILES string of the molecule is CC1CCCCC1NC(=O)C(=O)Nc1ccc(Nc2ccccc2)cc1. The lowest BCUT2D eigenvalue weighted by molar-refractivity contribution is -0.137. The molecular weight excluding hydrogens is 326 g/mol. The maximum atomic E-state index is 12.1. The van der Waals surface area contributed by atoms with Gasteiger partial charge in [0.25, 0.3) is 0 Å². The summed E-state index contributed by atoms with van der Waals surface area (Å²) < 4.78 is 0. The van der Waals surface area contributed by atoms with E-state index in [1.165, 1.54) is 6.42 Å². The van der Waals surface area contributed by atoms with E-state index in [2.05, 4.69) is 22.9 Å². The zero-order valence-electron chi connectivity index (χ0n) is 15.0. The zero-order valence-corrected chi connectivity index (χ0v) is 15.0. The van der Waals surface area contributed by atoms with Gasteiger partial charge in [-0.05, 0) is 55.2 Å². The molecule has 0 spiro atoms. The number of nitrogens with one attached hydrogen (secondary N) is 3. The predicted octanol–water partition coefficient (Wildman–Crippen LogP) is 4.06. The van der Waals surface area contributed by atoms with Crippen molar-refractivity contribution < 1.29 is 9.59 Å². The Kier molecular flexibility index (Phi) is 5.89. The van der Waals surface area contributed by atoms with Gasteiger partial charge in [-0.15, -0.1) is 0 Å². The molecule has 5 heteroatoms. The Hall–Kier alpha value is -2.82. The molecule has 2 unspecified atom stereocenters. The van der Waals surface area contributed by atoms with Crippen LogP contribution in [-0.4, -0.2) is 17.9 Å². The standard InChI is InChI=1S/C21H25N3O2/c1-15-7-5-6-10-19(15)24-21(26)20(25)23-18-13-11-17(12-14-18)22-16-8-3-2-4-9-16/h2-4,8-9,11-15,19,22H,5-7,10H2,1H3,(H,23,25)(H,24,26). The molecule has 2 atom stereocenters. The van der Waals surface area contributed by atoms with Gasteiger partial charge in [0.1, 0.15) is 0 Å². The van der Waals surface area contributed by atoms with Gasteiger partial charge in [-0.25, -0.2) is 0 Å². The van der Waals surface area contributed by atoms with Crippen LogP contribution in [-0.2, 0) is 9.59 Å². The fourth-order valence-electron chi connectivity index (χ4n) is 3.28. The van der Waals surface area contributed by atoms with Crippen molar-refractivity contribution in [3.05, 3.63) is 54.6 Å². The number of amides is 2. The molecule has 0 radical (unpaired) electrons. The van der Waals surface area contributed by atoms with Gasteiger partial charge < -0.3 is 16.0 Å². The number of hydrogen-bond acceptors (Lipinski definition) is 3. The summed E-state index contributed by atoms with van der Waals surface area (Å²) in [5.74, 6) is -0.759. The summed E-state index contributed by atoms with van der Waals surface area (Å²) in [6.45, 7) is 2.13. The van der Waals surface area contributed by atoms with Gasteiger partial charge in [0.15, 0.2) is 0 Å². The quantitative estimate of drug-likeness (QED) is 0.728. The summed E-state index contributed by atoms with van der Waals surface area (Å²) in [5.41, 5.74) is 2.50. The van der Waals surface area contributed by atoms with Crippen LogP contribution < -0.4 is 16.0 Å². The van der Waals surface area contributed by atoms with E-state index in [0.717, 1.165) is 30.6 Å². The number of hydrogen-bond donors (Lipinski definition) is 3. The van der Waals surface area contributed by atoms with Gasteiger partial charge in [-0.2, -0.15) is 0 Å². The van der Waals surface area contributed by atoms with Gasteiger partial charge in [0.2, 0.25) is 0 Å². The fourth-order valence-corrected chi connectivity index (χ4v) is 3.28. The molecule has 136 valence electrons. The third-order valence-electron chi connectivity index (χ3n) is 4.84. The minimum Gasteiger partial charge on any atom is -0.356 e. The van der Waals surface area contributed by atoms with Crippen molar-refractivity contribution in [1.82, 2.24) is 5.32 Å². The molecule has 0 aromatic heterocycles. The molecule has 1 aliphatic carbocycles. The highest BCUT2D eigenvalue weighted by Crippen LogP contribution is 2.23. The van der Waals surface area contributed by atoms with Crippen LogP contribution in [0.3, 0.4) is 0 Å². The number of anilines is 3. The van der Waals surface area contributed by atoms with Crippen molar-refractivity contribution in [2.24, 2.45) is 5.92 Å².